The van der Waals surface area contributed by atoms with Crippen LogP contribution in [0.1, 0.15) is 24.2 Å². The third-order valence-corrected chi connectivity index (χ3v) is 5.38. The fourth-order valence-electron chi connectivity index (χ4n) is 4.06. The van der Waals surface area contributed by atoms with E-state index in [1.54, 1.807) is 6.26 Å². The number of likely N-dealkylation sites (tertiary alicyclic amines) is 1. The van der Waals surface area contributed by atoms with Gasteiger partial charge in [0.2, 0.25) is 0 Å². The molecular weight excluding hydrogens is 350 g/mol. The van der Waals surface area contributed by atoms with Crippen LogP contribution >= 0.6 is 0 Å². The molecule has 1 aromatic carbocycles. The number of benzene rings is 1. The van der Waals surface area contributed by atoms with E-state index in [4.69, 9.17) is 9.40 Å². The zero-order chi connectivity index (χ0) is 18.8. The van der Waals surface area contributed by atoms with E-state index in [2.05, 4.69) is 32.0 Å². The largest absolute Gasteiger partial charge is 0.461 e. The SMILES string of the molecule is c1coc(-c2ncc(CN3CCC[C@@H](Cc4nc5ccccc5[nH]4)C3)cn2)c1. The van der Waals surface area contributed by atoms with Crippen molar-refractivity contribution in [3.8, 4) is 11.6 Å². The second-order valence-corrected chi connectivity index (χ2v) is 7.54. The molecule has 0 aliphatic carbocycles. The standard InChI is InChI=1S/C22H23N5O/c1-2-7-19-18(6-1)25-21(26-19)11-16-5-3-9-27(14-16)15-17-12-23-22(24-13-17)20-8-4-10-28-20/h1-2,4,6-8,10,12-13,16H,3,5,9,11,14-15H2,(H,25,26)/t16-/m0/s1. The number of furan rings is 1. The van der Waals surface area contributed by atoms with E-state index in [1.165, 1.54) is 12.8 Å². The number of para-hydroxylation sites is 2. The van der Waals surface area contributed by atoms with Gasteiger partial charge >= 0.3 is 0 Å². The Labute approximate surface area is 163 Å². The van der Waals surface area contributed by atoms with Gasteiger partial charge in [-0.25, -0.2) is 15.0 Å². The molecule has 28 heavy (non-hydrogen) atoms. The molecule has 1 N–H and O–H groups in total. The predicted molar refractivity (Wildman–Crippen MR) is 108 cm³/mol. The monoisotopic (exact) mass is 373 g/mol. The molecule has 0 radical (unpaired) electrons. The Morgan fingerprint density at radius 2 is 2.00 bits per heavy atom. The number of nitrogens with zero attached hydrogens (tertiary/aromatic N) is 4. The first-order valence-corrected chi connectivity index (χ1v) is 9.84. The zero-order valence-electron chi connectivity index (χ0n) is 15.7. The Morgan fingerprint density at radius 3 is 2.82 bits per heavy atom. The van der Waals surface area contributed by atoms with E-state index in [-0.39, 0.29) is 0 Å². The fourth-order valence-corrected chi connectivity index (χ4v) is 4.06. The molecule has 1 aliphatic rings. The minimum absolute atomic E-state index is 0.623. The highest BCUT2D eigenvalue weighted by Gasteiger charge is 2.21. The van der Waals surface area contributed by atoms with Crippen molar-refractivity contribution in [1.29, 1.82) is 0 Å². The van der Waals surface area contributed by atoms with E-state index < -0.39 is 0 Å². The zero-order valence-corrected chi connectivity index (χ0v) is 15.7. The van der Waals surface area contributed by atoms with Gasteiger partial charge in [-0.1, -0.05) is 12.1 Å². The van der Waals surface area contributed by atoms with Crippen LogP contribution in [0.4, 0.5) is 0 Å². The maximum Gasteiger partial charge on any atom is 0.195 e. The number of aromatic nitrogens is 4. The Morgan fingerprint density at radius 1 is 1.11 bits per heavy atom. The third-order valence-electron chi connectivity index (χ3n) is 5.38. The molecule has 0 saturated carbocycles. The van der Waals surface area contributed by atoms with Crippen molar-refractivity contribution in [2.24, 2.45) is 5.92 Å². The van der Waals surface area contributed by atoms with Gasteiger partial charge in [-0.15, -0.1) is 0 Å². The molecule has 1 fully saturated rings. The highest BCUT2D eigenvalue weighted by atomic mass is 16.3. The lowest BCUT2D eigenvalue weighted by Crippen LogP contribution is -2.35. The number of hydrogen-bond donors (Lipinski definition) is 1. The molecular formula is C22H23N5O. The lowest BCUT2D eigenvalue weighted by Gasteiger charge is -2.32. The number of H-pyrrole nitrogens is 1. The minimum Gasteiger partial charge on any atom is -0.461 e. The topological polar surface area (TPSA) is 70.8 Å². The highest BCUT2D eigenvalue weighted by Crippen LogP contribution is 2.23. The summed E-state index contributed by atoms with van der Waals surface area (Å²) in [5.74, 6) is 3.06. The van der Waals surface area contributed by atoms with Crippen LogP contribution in [0.3, 0.4) is 0 Å². The average Bonchev–Trinajstić information content (AvgIpc) is 3.38. The summed E-state index contributed by atoms with van der Waals surface area (Å²) in [7, 11) is 0. The van der Waals surface area contributed by atoms with Crippen LogP contribution in [0.2, 0.25) is 0 Å². The quantitative estimate of drug-likeness (QED) is 0.571. The fraction of sp³-hybridized carbons (Fsp3) is 0.318. The molecule has 1 aliphatic heterocycles. The Kier molecular flexibility index (Phi) is 4.62. The van der Waals surface area contributed by atoms with E-state index in [0.717, 1.165) is 48.5 Å². The summed E-state index contributed by atoms with van der Waals surface area (Å²) in [5, 5.41) is 0. The molecule has 0 spiro atoms. The molecule has 0 amide bonds. The van der Waals surface area contributed by atoms with Gasteiger partial charge in [-0.3, -0.25) is 4.90 Å². The average molecular weight is 373 g/mol. The van der Waals surface area contributed by atoms with Crippen LogP contribution in [0, 0.1) is 5.92 Å². The van der Waals surface area contributed by atoms with Gasteiger partial charge in [0.05, 0.1) is 17.3 Å². The van der Waals surface area contributed by atoms with Gasteiger partial charge < -0.3 is 9.40 Å². The molecule has 5 rings (SSSR count). The first kappa shape index (κ1) is 17.1. The van der Waals surface area contributed by atoms with Crippen molar-refractivity contribution in [2.45, 2.75) is 25.8 Å². The Hall–Kier alpha value is -2.99. The first-order chi connectivity index (χ1) is 13.8. The van der Waals surface area contributed by atoms with Gasteiger partial charge in [0.25, 0.3) is 0 Å². The van der Waals surface area contributed by atoms with E-state index in [0.29, 0.717) is 17.5 Å². The molecule has 4 heterocycles. The van der Waals surface area contributed by atoms with Crippen LogP contribution in [-0.2, 0) is 13.0 Å². The van der Waals surface area contributed by atoms with Crippen LogP contribution in [0.15, 0.2) is 59.5 Å². The molecule has 3 aromatic heterocycles. The molecule has 0 bridgehead atoms. The number of nitrogens with one attached hydrogen (secondary N) is 1. The molecule has 142 valence electrons. The summed E-state index contributed by atoms with van der Waals surface area (Å²) < 4.78 is 5.36. The van der Waals surface area contributed by atoms with Gasteiger partial charge in [0.15, 0.2) is 11.6 Å². The molecule has 4 aromatic rings. The summed E-state index contributed by atoms with van der Waals surface area (Å²) >= 11 is 0. The van der Waals surface area contributed by atoms with Crippen LogP contribution in [0.25, 0.3) is 22.6 Å². The van der Waals surface area contributed by atoms with Crippen molar-refractivity contribution < 1.29 is 4.42 Å². The van der Waals surface area contributed by atoms with E-state index in [9.17, 15) is 0 Å². The summed E-state index contributed by atoms with van der Waals surface area (Å²) in [5.41, 5.74) is 3.32. The first-order valence-electron chi connectivity index (χ1n) is 9.84. The number of aromatic amines is 1. The molecule has 1 saturated heterocycles. The molecule has 0 unspecified atom stereocenters. The smallest absolute Gasteiger partial charge is 0.195 e. The van der Waals surface area contributed by atoms with Gasteiger partial charge in [0, 0.05) is 37.5 Å². The maximum atomic E-state index is 5.36. The van der Waals surface area contributed by atoms with Gasteiger partial charge in [-0.2, -0.15) is 0 Å². The van der Waals surface area contributed by atoms with Crippen molar-refractivity contribution in [3.63, 3.8) is 0 Å². The van der Waals surface area contributed by atoms with Gasteiger partial charge in [-0.05, 0) is 49.6 Å². The molecule has 1 atom stereocenters. The van der Waals surface area contributed by atoms with Gasteiger partial charge in [0.1, 0.15) is 5.82 Å². The normalized spacial score (nSPS) is 17.9. The molecule has 6 heteroatoms. The van der Waals surface area contributed by atoms with Crippen molar-refractivity contribution in [1.82, 2.24) is 24.8 Å². The van der Waals surface area contributed by atoms with Crippen molar-refractivity contribution in [3.05, 3.63) is 66.4 Å². The summed E-state index contributed by atoms with van der Waals surface area (Å²) in [6, 6.07) is 12.0. The lowest BCUT2D eigenvalue weighted by atomic mass is 9.94. The Bertz CT molecular complexity index is 1010. The summed E-state index contributed by atoms with van der Waals surface area (Å²) in [6.45, 7) is 3.09. The van der Waals surface area contributed by atoms with E-state index >= 15 is 0 Å². The lowest BCUT2D eigenvalue weighted by molar-refractivity contribution is 0.165. The number of piperidine rings is 1. The Balaban J connectivity index is 1.22. The highest BCUT2D eigenvalue weighted by molar-refractivity contribution is 5.74. The van der Waals surface area contributed by atoms with Crippen LogP contribution < -0.4 is 0 Å². The molecule has 6 nitrogen and oxygen atoms in total. The third kappa shape index (κ3) is 3.68. The van der Waals surface area contributed by atoms with Crippen LogP contribution in [-0.4, -0.2) is 37.9 Å². The predicted octanol–water partition coefficient (Wildman–Crippen LogP) is 4.07. The summed E-state index contributed by atoms with van der Waals surface area (Å²) in [4.78, 5) is 19.6. The number of imidazole rings is 1. The second kappa shape index (κ2) is 7.56. The maximum absolute atomic E-state index is 5.36. The van der Waals surface area contributed by atoms with E-state index in [1.807, 2.05) is 36.7 Å². The number of hydrogen-bond acceptors (Lipinski definition) is 5. The van der Waals surface area contributed by atoms with Crippen molar-refractivity contribution >= 4 is 11.0 Å². The minimum atomic E-state index is 0.623. The number of fused-ring (bicyclic) bond motifs is 1. The summed E-state index contributed by atoms with van der Waals surface area (Å²) in [6.07, 6.45) is 8.93. The van der Waals surface area contributed by atoms with Crippen LogP contribution in [0.5, 0.6) is 0 Å². The van der Waals surface area contributed by atoms with Crippen molar-refractivity contribution in [2.75, 3.05) is 13.1 Å². The second-order valence-electron chi connectivity index (χ2n) is 7.54. The number of rotatable bonds is 5.